The minimum Gasteiger partial charge on any atom is -0.317 e. The van der Waals surface area contributed by atoms with E-state index in [1.807, 2.05) is 0 Å². The average Bonchev–Trinajstić information content (AvgIpc) is 2.63. The van der Waals surface area contributed by atoms with E-state index in [1.54, 1.807) is 11.3 Å². The Morgan fingerprint density at radius 2 is 2.12 bits per heavy atom. The molecule has 1 N–H and O–H groups in total. The lowest BCUT2D eigenvalue weighted by Gasteiger charge is -2.24. The van der Waals surface area contributed by atoms with Crippen LogP contribution in [0.15, 0.2) is 12.1 Å². The highest BCUT2D eigenvalue weighted by Gasteiger charge is 2.25. The Morgan fingerprint density at radius 3 is 2.82 bits per heavy atom. The van der Waals surface area contributed by atoms with Gasteiger partial charge in [0.25, 0.3) is 0 Å². The molecule has 1 heterocycles. The summed E-state index contributed by atoms with van der Waals surface area (Å²) in [5, 5.41) is 3.52. The highest BCUT2D eigenvalue weighted by molar-refractivity contribution is 7.16. The first kappa shape index (κ1) is 13.4. The second kappa shape index (κ2) is 6.77. The Hall–Kier alpha value is -0.0500. The van der Waals surface area contributed by atoms with Crippen molar-refractivity contribution in [2.45, 2.75) is 44.9 Å². The smallest absolute Gasteiger partial charge is 0.0931 e. The third kappa shape index (κ3) is 3.70. The van der Waals surface area contributed by atoms with Crippen molar-refractivity contribution in [2.75, 3.05) is 13.1 Å². The fourth-order valence-corrected chi connectivity index (χ4v) is 4.15. The number of thiophene rings is 1. The number of rotatable bonds is 4. The van der Waals surface area contributed by atoms with E-state index in [0.717, 1.165) is 29.3 Å². The first-order valence-electron chi connectivity index (χ1n) is 6.77. The van der Waals surface area contributed by atoms with Crippen LogP contribution in [0.25, 0.3) is 0 Å². The van der Waals surface area contributed by atoms with Gasteiger partial charge >= 0.3 is 0 Å². The van der Waals surface area contributed by atoms with Gasteiger partial charge in [0.1, 0.15) is 0 Å². The third-order valence-corrected chi connectivity index (χ3v) is 5.14. The second-order valence-corrected chi connectivity index (χ2v) is 6.70. The largest absolute Gasteiger partial charge is 0.317 e. The molecule has 3 heteroatoms. The highest BCUT2D eigenvalue weighted by atomic mass is 35.5. The van der Waals surface area contributed by atoms with Crippen molar-refractivity contribution < 1.29 is 0 Å². The van der Waals surface area contributed by atoms with Crippen LogP contribution in [-0.4, -0.2) is 13.1 Å². The zero-order valence-corrected chi connectivity index (χ0v) is 12.1. The monoisotopic (exact) mass is 271 g/mol. The standard InChI is InChI=1S/C14H22ClNS/c1-2-16-10-11-6-4-3-5-7-12(11)13-8-9-14(15)17-13/h8-9,11-12,16H,2-7,10H2,1H3. The van der Waals surface area contributed by atoms with Gasteiger partial charge in [-0.25, -0.2) is 0 Å². The van der Waals surface area contributed by atoms with Crippen molar-refractivity contribution in [1.82, 2.24) is 5.32 Å². The third-order valence-electron chi connectivity index (χ3n) is 3.78. The summed E-state index contributed by atoms with van der Waals surface area (Å²) in [6.07, 6.45) is 6.88. The molecule has 0 aromatic carbocycles. The first-order valence-corrected chi connectivity index (χ1v) is 7.96. The molecule has 1 aromatic rings. The zero-order chi connectivity index (χ0) is 12.1. The normalized spacial score (nSPS) is 25.8. The molecule has 0 aliphatic heterocycles. The van der Waals surface area contributed by atoms with Crippen LogP contribution < -0.4 is 5.32 Å². The van der Waals surface area contributed by atoms with Crippen molar-refractivity contribution in [3.63, 3.8) is 0 Å². The van der Waals surface area contributed by atoms with Gasteiger partial charge in [-0.15, -0.1) is 11.3 Å². The molecule has 2 unspecified atom stereocenters. The summed E-state index contributed by atoms with van der Waals surface area (Å²) >= 11 is 7.85. The van der Waals surface area contributed by atoms with E-state index in [4.69, 9.17) is 11.6 Å². The maximum atomic E-state index is 6.08. The van der Waals surface area contributed by atoms with Crippen molar-refractivity contribution in [1.29, 1.82) is 0 Å². The number of hydrogen-bond donors (Lipinski definition) is 1. The molecular weight excluding hydrogens is 250 g/mol. The Balaban J connectivity index is 2.08. The second-order valence-electron chi connectivity index (χ2n) is 4.95. The minimum absolute atomic E-state index is 0.731. The van der Waals surface area contributed by atoms with Gasteiger partial charge in [-0.1, -0.05) is 37.8 Å². The molecule has 0 amide bonds. The SMILES string of the molecule is CCNCC1CCCCCC1c1ccc(Cl)s1. The molecule has 0 bridgehead atoms. The summed E-state index contributed by atoms with van der Waals surface area (Å²) in [6, 6.07) is 4.29. The first-order chi connectivity index (χ1) is 8.31. The van der Waals surface area contributed by atoms with E-state index in [1.165, 1.54) is 37.0 Å². The summed E-state index contributed by atoms with van der Waals surface area (Å²) in [4.78, 5) is 1.50. The molecule has 1 aliphatic rings. The molecular formula is C14H22ClNS. The number of nitrogens with one attached hydrogen (secondary N) is 1. The van der Waals surface area contributed by atoms with Crippen LogP contribution in [0.5, 0.6) is 0 Å². The van der Waals surface area contributed by atoms with Gasteiger partial charge in [0.15, 0.2) is 0 Å². The molecule has 0 saturated heterocycles. The lowest BCUT2D eigenvalue weighted by molar-refractivity contribution is 0.383. The van der Waals surface area contributed by atoms with E-state index >= 15 is 0 Å². The molecule has 1 aromatic heterocycles. The van der Waals surface area contributed by atoms with Crippen molar-refractivity contribution in [3.05, 3.63) is 21.3 Å². The predicted octanol–water partition coefficient (Wildman–Crippen LogP) is 4.67. The molecule has 1 aliphatic carbocycles. The maximum absolute atomic E-state index is 6.08. The molecule has 2 atom stereocenters. The Bertz CT molecular complexity index is 337. The van der Waals surface area contributed by atoms with Crippen LogP contribution in [0.2, 0.25) is 4.34 Å². The van der Waals surface area contributed by atoms with Gasteiger partial charge in [-0.05, 0) is 49.9 Å². The lowest BCUT2D eigenvalue weighted by atomic mass is 9.86. The minimum atomic E-state index is 0.731. The molecule has 0 radical (unpaired) electrons. The van der Waals surface area contributed by atoms with Crippen LogP contribution in [0.4, 0.5) is 0 Å². The van der Waals surface area contributed by atoms with Gasteiger partial charge in [-0.3, -0.25) is 0 Å². The maximum Gasteiger partial charge on any atom is 0.0931 e. The summed E-state index contributed by atoms with van der Waals surface area (Å²) < 4.78 is 0.937. The predicted molar refractivity (Wildman–Crippen MR) is 77.2 cm³/mol. The molecule has 17 heavy (non-hydrogen) atoms. The van der Waals surface area contributed by atoms with Gasteiger partial charge in [0, 0.05) is 4.88 Å². The molecule has 2 rings (SSSR count). The van der Waals surface area contributed by atoms with Crippen LogP contribution in [-0.2, 0) is 0 Å². The lowest BCUT2D eigenvalue weighted by Crippen LogP contribution is -2.26. The topological polar surface area (TPSA) is 12.0 Å². The Labute approximate surface area is 114 Å². The fraction of sp³-hybridized carbons (Fsp3) is 0.714. The van der Waals surface area contributed by atoms with E-state index in [9.17, 15) is 0 Å². The van der Waals surface area contributed by atoms with Crippen LogP contribution in [0, 0.1) is 5.92 Å². The summed E-state index contributed by atoms with van der Waals surface area (Å²) in [6.45, 7) is 4.43. The average molecular weight is 272 g/mol. The van der Waals surface area contributed by atoms with Crippen LogP contribution >= 0.6 is 22.9 Å². The molecule has 1 saturated carbocycles. The molecule has 0 spiro atoms. The quantitative estimate of drug-likeness (QED) is 0.785. The molecule has 1 nitrogen and oxygen atoms in total. The Kier molecular flexibility index (Phi) is 5.33. The summed E-state index contributed by atoms with van der Waals surface area (Å²) in [5.41, 5.74) is 0. The van der Waals surface area contributed by atoms with Crippen molar-refractivity contribution >= 4 is 22.9 Å². The van der Waals surface area contributed by atoms with E-state index in [2.05, 4.69) is 24.4 Å². The van der Waals surface area contributed by atoms with Crippen LogP contribution in [0.1, 0.15) is 49.8 Å². The fourth-order valence-electron chi connectivity index (χ4n) is 2.86. The highest BCUT2D eigenvalue weighted by Crippen LogP contribution is 2.40. The van der Waals surface area contributed by atoms with Gasteiger partial charge in [0.05, 0.1) is 4.34 Å². The van der Waals surface area contributed by atoms with Crippen LogP contribution in [0.3, 0.4) is 0 Å². The van der Waals surface area contributed by atoms with E-state index in [0.29, 0.717) is 0 Å². The van der Waals surface area contributed by atoms with Gasteiger partial charge < -0.3 is 5.32 Å². The Morgan fingerprint density at radius 1 is 1.29 bits per heavy atom. The number of halogens is 1. The molecule has 1 fully saturated rings. The number of hydrogen-bond acceptors (Lipinski definition) is 2. The summed E-state index contributed by atoms with van der Waals surface area (Å²) in [5.74, 6) is 1.53. The molecule has 96 valence electrons. The van der Waals surface area contributed by atoms with Gasteiger partial charge in [-0.2, -0.15) is 0 Å². The van der Waals surface area contributed by atoms with Gasteiger partial charge in [0.2, 0.25) is 0 Å². The van der Waals surface area contributed by atoms with Crippen molar-refractivity contribution in [3.8, 4) is 0 Å². The van der Waals surface area contributed by atoms with E-state index in [-0.39, 0.29) is 0 Å². The van der Waals surface area contributed by atoms with Crippen molar-refractivity contribution in [2.24, 2.45) is 5.92 Å². The summed E-state index contributed by atoms with van der Waals surface area (Å²) in [7, 11) is 0. The zero-order valence-electron chi connectivity index (χ0n) is 10.5. The van der Waals surface area contributed by atoms with E-state index < -0.39 is 0 Å².